The number of amides is 1. The van der Waals surface area contributed by atoms with E-state index in [1.807, 2.05) is 37.3 Å². The Morgan fingerprint density at radius 2 is 2.15 bits per heavy atom. The van der Waals surface area contributed by atoms with Crippen LogP contribution in [0.2, 0.25) is 0 Å². The zero-order valence-electron chi connectivity index (χ0n) is 11.3. The summed E-state index contributed by atoms with van der Waals surface area (Å²) in [6.45, 7) is 2.04. The zero-order chi connectivity index (χ0) is 14.4. The van der Waals surface area contributed by atoms with Crippen LogP contribution in [-0.2, 0) is 10.5 Å². The summed E-state index contributed by atoms with van der Waals surface area (Å²) in [4.78, 5) is 11.0. The third kappa shape index (κ3) is 3.80. The lowest BCUT2D eigenvalue weighted by Gasteiger charge is -2.12. The second-order valence-corrected chi connectivity index (χ2v) is 5.64. The van der Waals surface area contributed by atoms with E-state index in [9.17, 15) is 4.79 Å². The number of hydrogen-bond donors (Lipinski definition) is 1. The smallest absolute Gasteiger partial charge is 0.218 e. The van der Waals surface area contributed by atoms with Gasteiger partial charge >= 0.3 is 0 Å². The van der Waals surface area contributed by atoms with Crippen molar-refractivity contribution in [3.8, 4) is 5.69 Å². The van der Waals surface area contributed by atoms with Crippen LogP contribution in [0.1, 0.15) is 25.6 Å². The highest BCUT2D eigenvalue weighted by atomic mass is 32.2. The van der Waals surface area contributed by atoms with Gasteiger partial charge in [0, 0.05) is 11.7 Å². The van der Waals surface area contributed by atoms with Gasteiger partial charge < -0.3 is 5.73 Å². The molecule has 2 rings (SSSR count). The van der Waals surface area contributed by atoms with Crippen LogP contribution in [0.5, 0.6) is 0 Å². The first kappa shape index (κ1) is 14.5. The second kappa shape index (κ2) is 7.04. The van der Waals surface area contributed by atoms with Gasteiger partial charge in [0.25, 0.3) is 0 Å². The monoisotopic (exact) mass is 291 g/mol. The van der Waals surface area contributed by atoms with Gasteiger partial charge in [-0.1, -0.05) is 25.1 Å². The third-order valence-electron chi connectivity index (χ3n) is 2.87. The predicted molar refractivity (Wildman–Crippen MR) is 78.3 cm³/mol. The van der Waals surface area contributed by atoms with Crippen LogP contribution in [-0.4, -0.2) is 31.4 Å². The second-order valence-electron chi connectivity index (χ2n) is 4.35. The zero-order valence-corrected chi connectivity index (χ0v) is 12.1. The van der Waals surface area contributed by atoms with Crippen LogP contribution in [0.3, 0.4) is 0 Å². The van der Waals surface area contributed by atoms with Crippen molar-refractivity contribution < 1.29 is 4.79 Å². The van der Waals surface area contributed by atoms with Crippen LogP contribution < -0.4 is 5.73 Å². The molecule has 2 N–H and O–H groups in total. The standard InChI is InChI=1S/C13H17N5OS/c1-2-11(8-12(14)19)20-9-13-15-16-17-18(13)10-6-4-3-5-7-10/h3-7,11H,2,8-9H2,1H3,(H2,14,19). The van der Waals surface area contributed by atoms with Gasteiger partial charge in [-0.25, -0.2) is 0 Å². The van der Waals surface area contributed by atoms with Crippen molar-refractivity contribution in [2.45, 2.75) is 30.8 Å². The molecule has 1 heterocycles. The van der Waals surface area contributed by atoms with E-state index in [2.05, 4.69) is 15.5 Å². The minimum atomic E-state index is -0.271. The molecule has 106 valence electrons. The van der Waals surface area contributed by atoms with Crippen molar-refractivity contribution in [1.29, 1.82) is 0 Å². The highest BCUT2D eigenvalue weighted by molar-refractivity contribution is 7.99. The van der Waals surface area contributed by atoms with E-state index in [1.54, 1.807) is 16.4 Å². The predicted octanol–water partition coefficient (Wildman–Crippen LogP) is 1.55. The number of carbonyl (C=O) groups is 1. The lowest BCUT2D eigenvalue weighted by atomic mass is 10.2. The molecule has 2 aromatic rings. The number of thioether (sulfide) groups is 1. The Hall–Kier alpha value is -1.89. The number of primary amides is 1. The van der Waals surface area contributed by atoms with Gasteiger partial charge in [-0.15, -0.1) is 16.9 Å². The van der Waals surface area contributed by atoms with E-state index < -0.39 is 0 Å². The topological polar surface area (TPSA) is 86.7 Å². The summed E-state index contributed by atoms with van der Waals surface area (Å²) in [7, 11) is 0. The first-order valence-corrected chi connectivity index (χ1v) is 7.48. The van der Waals surface area contributed by atoms with Crippen molar-refractivity contribution in [3.05, 3.63) is 36.2 Å². The molecule has 0 fully saturated rings. The Labute approximate surface area is 121 Å². The molecule has 7 heteroatoms. The number of hydrogen-bond acceptors (Lipinski definition) is 5. The van der Waals surface area contributed by atoms with Crippen LogP contribution in [0.4, 0.5) is 0 Å². The molecule has 0 bridgehead atoms. The Balaban J connectivity index is 2.04. The van der Waals surface area contributed by atoms with Crippen LogP contribution in [0.25, 0.3) is 5.69 Å². The number of carbonyl (C=O) groups excluding carboxylic acids is 1. The van der Waals surface area contributed by atoms with Crippen LogP contribution >= 0.6 is 11.8 Å². The van der Waals surface area contributed by atoms with E-state index in [1.165, 1.54) is 0 Å². The Kier molecular flexibility index (Phi) is 5.11. The van der Waals surface area contributed by atoms with E-state index in [0.29, 0.717) is 12.2 Å². The number of nitrogens with zero attached hydrogens (tertiary/aromatic N) is 4. The summed E-state index contributed by atoms with van der Waals surface area (Å²) >= 11 is 1.65. The van der Waals surface area contributed by atoms with E-state index in [0.717, 1.165) is 17.9 Å². The number of aromatic nitrogens is 4. The average molecular weight is 291 g/mol. The number of para-hydroxylation sites is 1. The van der Waals surface area contributed by atoms with Crippen molar-refractivity contribution in [2.75, 3.05) is 0 Å². The fourth-order valence-electron chi connectivity index (χ4n) is 1.80. The molecule has 0 saturated carbocycles. The minimum absolute atomic E-state index is 0.202. The molecule has 1 atom stereocenters. The average Bonchev–Trinajstić information content (AvgIpc) is 2.92. The summed E-state index contributed by atoms with van der Waals surface area (Å²) in [5.74, 6) is 1.14. The van der Waals surface area contributed by atoms with Gasteiger partial charge in [-0.05, 0) is 29.0 Å². The molecule has 6 nitrogen and oxygen atoms in total. The summed E-state index contributed by atoms with van der Waals surface area (Å²) in [6.07, 6.45) is 1.27. The van der Waals surface area contributed by atoms with E-state index in [-0.39, 0.29) is 11.2 Å². The maximum Gasteiger partial charge on any atom is 0.218 e. The molecule has 0 aliphatic rings. The minimum Gasteiger partial charge on any atom is -0.370 e. The van der Waals surface area contributed by atoms with Gasteiger partial charge in [0.2, 0.25) is 5.91 Å². The van der Waals surface area contributed by atoms with Crippen LogP contribution in [0.15, 0.2) is 30.3 Å². The van der Waals surface area contributed by atoms with Crippen molar-refractivity contribution >= 4 is 17.7 Å². The summed E-state index contributed by atoms with van der Waals surface area (Å²) in [6, 6.07) is 9.73. The number of nitrogens with two attached hydrogens (primary N) is 1. The van der Waals surface area contributed by atoms with E-state index in [4.69, 9.17) is 5.73 Å². The molecule has 0 aliphatic carbocycles. The lowest BCUT2D eigenvalue weighted by Crippen LogP contribution is -2.17. The normalized spacial score (nSPS) is 12.2. The summed E-state index contributed by atoms with van der Waals surface area (Å²) < 4.78 is 1.71. The fraction of sp³-hybridized carbons (Fsp3) is 0.385. The van der Waals surface area contributed by atoms with E-state index >= 15 is 0 Å². The molecule has 0 aliphatic heterocycles. The van der Waals surface area contributed by atoms with Crippen LogP contribution in [0, 0.1) is 0 Å². The number of benzene rings is 1. The number of rotatable bonds is 7. The summed E-state index contributed by atoms with van der Waals surface area (Å²) in [5, 5.41) is 12.0. The quantitative estimate of drug-likeness (QED) is 0.836. The lowest BCUT2D eigenvalue weighted by molar-refractivity contribution is -0.118. The Bertz CT molecular complexity index is 557. The van der Waals surface area contributed by atoms with Crippen molar-refractivity contribution in [3.63, 3.8) is 0 Å². The molecule has 0 saturated heterocycles. The fourth-order valence-corrected chi connectivity index (χ4v) is 2.89. The molecule has 1 amide bonds. The SMILES string of the molecule is CCC(CC(N)=O)SCc1nnnn1-c1ccccc1. The van der Waals surface area contributed by atoms with Crippen molar-refractivity contribution in [1.82, 2.24) is 20.2 Å². The van der Waals surface area contributed by atoms with Gasteiger partial charge in [-0.2, -0.15) is 4.68 Å². The molecule has 0 spiro atoms. The van der Waals surface area contributed by atoms with Gasteiger partial charge in [0.05, 0.1) is 11.4 Å². The van der Waals surface area contributed by atoms with Gasteiger partial charge in [-0.3, -0.25) is 4.79 Å². The highest BCUT2D eigenvalue weighted by Crippen LogP contribution is 2.22. The Morgan fingerprint density at radius 1 is 1.40 bits per heavy atom. The molecule has 1 aromatic heterocycles. The maximum absolute atomic E-state index is 11.0. The largest absolute Gasteiger partial charge is 0.370 e. The maximum atomic E-state index is 11.0. The highest BCUT2D eigenvalue weighted by Gasteiger charge is 2.14. The molecular formula is C13H17N5OS. The first-order valence-electron chi connectivity index (χ1n) is 6.43. The van der Waals surface area contributed by atoms with Crippen molar-refractivity contribution in [2.24, 2.45) is 5.73 Å². The van der Waals surface area contributed by atoms with Gasteiger partial charge in [0.15, 0.2) is 5.82 Å². The first-order chi connectivity index (χ1) is 9.70. The Morgan fingerprint density at radius 3 is 2.80 bits per heavy atom. The molecule has 1 unspecified atom stereocenters. The summed E-state index contributed by atoms with van der Waals surface area (Å²) in [5.41, 5.74) is 6.17. The van der Waals surface area contributed by atoms with Gasteiger partial charge in [0.1, 0.15) is 0 Å². The molecular weight excluding hydrogens is 274 g/mol. The molecule has 1 aromatic carbocycles. The third-order valence-corrected chi connectivity index (χ3v) is 4.26. The molecule has 0 radical (unpaired) electrons. The molecule has 20 heavy (non-hydrogen) atoms. The number of tetrazole rings is 1.